The normalized spacial score (nSPS) is 10.3. The molecule has 2 heteroatoms. The Hall–Kier alpha value is -2.13. The average Bonchev–Trinajstić information content (AvgIpc) is 2.73. The van der Waals surface area contributed by atoms with Crippen LogP contribution >= 0.6 is 0 Å². The van der Waals surface area contributed by atoms with Gasteiger partial charge in [0.1, 0.15) is 0 Å². The zero-order valence-corrected chi connectivity index (χ0v) is 18.4. The van der Waals surface area contributed by atoms with Gasteiger partial charge in [-0.25, -0.2) is 0 Å². The Morgan fingerprint density at radius 1 is 0.429 bits per heavy atom. The Morgan fingerprint density at radius 3 is 1.32 bits per heavy atom. The fraction of sp³-hybridized carbons (Fsp3) is 0. The molecule has 0 N–H and O–H groups in total. The second-order valence-electron chi connectivity index (χ2n) is 6.60. The molecule has 0 nitrogen and oxygen atoms in total. The summed E-state index contributed by atoms with van der Waals surface area (Å²) in [7, 11) is 0. The van der Waals surface area contributed by atoms with Crippen molar-refractivity contribution in [3.8, 4) is 22.3 Å². The van der Waals surface area contributed by atoms with Crippen LogP contribution in [0.1, 0.15) is 0 Å². The van der Waals surface area contributed by atoms with Crippen molar-refractivity contribution in [2.45, 2.75) is 0 Å². The second kappa shape index (κ2) is 8.91. The average molecular weight is 434 g/mol. The molecule has 5 rings (SSSR count). The molecule has 0 saturated carbocycles. The number of halogens is 1. The van der Waals surface area contributed by atoms with Crippen LogP contribution in [-0.2, 0) is 0 Å². The first kappa shape index (κ1) is 20.6. The van der Waals surface area contributed by atoms with Crippen molar-refractivity contribution < 1.29 is 17.0 Å². The van der Waals surface area contributed by atoms with Crippen molar-refractivity contribution in [2.75, 3.05) is 0 Å². The quantitative estimate of drug-likeness (QED) is 0.294. The van der Waals surface area contributed by atoms with E-state index in [2.05, 4.69) is 109 Å². The van der Waals surface area contributed by atoms with Gasteiger partial charge in [0.2, 0.25) is 0 Å². The third kappa shape index (κ3) is 4.00. The standard InChI is InChI=1S/C26H17.BrH.Mg/c1-3-8-21-16-25(14-12-19(21)6-1)23-10-5-11-24(18-23)26-15-13-20-7-2-4-9-22(20)17-26;;/h1-17H;1H;/q-1;;+2/p-1. The third-order valence-electron chi connectivity index (χ3n) is 4.92. The Kier molecular flexibility index (Phi) is 6.56. The predicted octanol–water partition coefficient (Wildman–Crippen LogP) is 3.75. The van der Waals surface area contributed by atoms with Gasteiger partial charge in [0, 0.05) is 0 Å². The number of hydrogen-bond donors (Lipinski definition) is 0. The van der Waals surface area contributed by atoms with E-state index in [9.17, 15) is 0 Å². The van der Waals surface area contributed by atoms with Gasteiger partial charge < -0.3 is 17.0 Å². The van der Waals surface area contributed by atoms with Crippen LogP contribution < -0.4 is 17.0 Å². The van der Waals surface area contributed by atoms with Gasteiger partial charge in [-0.3, -0.25) is 0 Å². The molecular formula is C26H17BrMg. The summed E-state index contributed by atoms with van der Waals surface area (Å²) in [6.07, 6.45) is 0. The summed E-state index contributed by atoms with van der Waals surface area (Å²) in [5.74, 6) is 0. The third-order valence-corrected chi connectivity index (χ3v) is 4.92. The number of fused-ring (bicyclic) bond motifs is 2. The van der Waals surface area contributed by atoms with E-state index in [1.807, 2.05) is 0 Å². The van der Waals surface area contributed by atoms with Gasteiger partial charge in [-0.15, -0.1) is 35.4 Å². The molecule has 0 aliphatic heterocycles. The van der Waals surface area contributed by atoms with Crippen LogP contribution in [0.25, 0.3) is 43.8 Å². The molecule has 5 aromatic rings. The summed E-state index contributed by atoms with van der Waals surface area (Å²) < 4.78 is 0. The van der Waals surface area contributed by atoms with E-state index in [1.165, 1.54) is 32.7 Å². The molecule has 0 aliphatic carbocycles. The van der Waals surface area contributed by atoms with E-state index in [0.717, 1.165) is 11.1 Å². The van der Waals surface area contributed by atoms with Gasteiger partial charge in [-0.05, 0) is 21.5 Å². The van der Waals surface area contributed by atoms with Gasteiger partial charge in [0.05, 0.1) is 0 Å². The molecule has 0 atom stereocenters. The van der Waals surface area contributed by atoms with Crippen molar-refractivity contribution >= 4 is 44.6 Å². The van der Waals surface area contributed by atoms with Crippen LogP contribution in [-0.4, -0.2) is 23.1 Å². The first-order valence-corrected chi connectivity index (χ1v) is 8.87. The Labute approximate surface area is 192 Å². The first-order valence-electron chi connectivity index (χ1n) is 8.87. The SMILES string of the molecule is [Br-].[Mg+2].[c-]1c(-c2ccc3ccccc3c2)cccc1-c1ccc2ccccc2c1. The van der Waals surface area contributed by atoms with Crippen LogP contribution in [0, 0.1) is 6.07 Å². The van der Waals surface area contributed by atoms with E-state index in [-0.39, 0.29) is 40.0 Å². The Bertz CT molecular complexity index is 1150. The molecule has 0 amide bonds. The fourth-order valence-electron chi connectivity index (χ4n) is 3.52. The molecule has 130 valence electrons. The minimum Gasteiger partial charge on any atom is -1.00 e. The summed E-state index contributed by atoms with van der Waals surface area (Å²) >= 11 is 0. The van der Waals surface area contributed by atoms with Gasteiger partial charge in [0.15, 0.2) is 0 Å². The van der Waals surface area contributed by atoms with Gasteiger partial charge >= 0.3 is 23.1 Å². The van der Waals surface area contributed by atoms with E-state index >= 15 is 0 Å². The monoisotopic (exact) mass is 432 g/mol. The minimum absolute atomic E-state index is 0. The molecule has 0 spiro atoms. The molecule has 0 aromatic heterocycles. The second-order valence-corrected chi connectivity index (χ2v) is 6.60. The topological polar surface area (TPSA) is 0 Å². The number of rotatable bonds is 2. The molecule has 5 aromatic carbocycles. The van der Waals surface area contributed by atoms with Crippen molar-refractivity contribution in [1.82, 2.24) is 0 Å². The van der Waals surface area contributed by atoms with E-state index in [4.69, 9.17) is 0 Å². The molecule has 0 fully saturated rings. The Morgan fingerprint density at radius 2 is 0.857 bits per heavy atom. The van der Waals surface area contributed by atoms with Crippen LogP contribution in [0.4, 0.5) is 0 Å². The van der Waals surface area contributed by atoms with Crippen molar-refractivity contribution in [3.63, 3.8) is 0 Å². The van der Waals surface area contributed by atoms with Crippen LogP contribution in [0.3, 0.4) is 0 Å². The smallest absolute Gasteiger partial charge is 1.00 e. The van der Waals surface area contributed by atoms with E-state index in [1.54, 1.807) is 0 Å². The van der Waals surface area contributed by atoms with E-state index in [0.29, 0.717) is 0 Å². The molecule has 0 saturated heterocycles. The molecule has 0 heterocycles. The van der Waals surface area contributed by atoms with Crippen molar-refractivity contribution in [3.05, 3.63) is 109 Å². The van der Waals surface area contributed by atoms with Gasteiger partial charge in [0.25, 0.3) is 0 Å². The predicted molar refractivity (Wildman–Crippen MR) is 117 cm³/mol. The molecule has 0 aliphatic rings. The van der Waals surface area contributed by atoms with Crippen LogP contribution in [0.15, 0.2) is 103 Å². The summed E-state index contributed by atoms with van der Waals surface area (Å²) in [5, 5.41) is 5.05. The largest absolute Gasteiger partial charge is 2.00 e. The maximum atomic E-state index is 3.61. The van der Waals surface area contributed by atoms with Crippen LogP contribution in [0.2, 0.25) is 0 Å². The minimum atomic E-state index is 0. The van der Waals surface area contributed by atoms with E-state index < -0.39 is 0 Å². The summed E-state index contributed by atoms with van der Waals surface area (Å²) in [4.78, 5) is 0. The molecule has 28 heavy (non-hydrogen) atoms. The first-order chi connectivity index (χ1) is 12.9. The molecular weight excluding hydrogens is 416 g/mol. The van der Waals surface area contributed by atoms with Crippen LogP contribution in [0.5, 0.6) is 0 Å². The van der Waals surface area contributed by atoms with Crippen molar-refractivity contribution in [1.29, 1.82) is 0 Å². The summed E-state index contributed by atoms with van der Waals surface area (Å²) in [6.45, 7) is 0. The fourth-order valence-corrected chi connectivity index (χ4v) is 3.52. The maximum Gasteiger partial charge on any atom is 2.00 e. The molecule has 0 bridgehead atoms. The zero-order valence-electron chi connectivity index (χ0n) is 15.4. The Balaban J connectivity index is 0.00000112. The number of hydrogen-bond acceptors (Lipinski definition) is 0. The summed E-state index contributed by atoms with van der Waals surface area (Å²) in [5.41, 5.74) is 4.65. The molecule has 0 radical (unpaired) electrons. The van der Waals surface area contributed by atoms with Gasteiger partial charge in [-0.1, -0.05) is 96.1 Å². The molecule has 0 unspecified atom stereocenters. The zero-order chi connectivity index (χ0) is 17.3. The number of benzene rings is 5. The summed E-state index contributed by atoms with van der Waals surface area (Å²) in [6, 6.07) is 40.1. The van der Waals surface area contributed by atoms with Crippen molar-refractivity contribution in [2.24, 2.45) is 0 Å². The van der Waals surface area contributed by atoms with Gasteiger partial charge in [-0.2, -0.15) is 0 Å². The maximum absolute atomic E-state index is 3.61.